The Morgan fingerprint density at radius 2 is 0.736 bits per heavy atom. The zero-order valence-corrected chi connectivity index (χ0v) is 89.9. The summed E-state index contributed by atoms with van der Waals surface area (Å²) in [6, 6.07) is 47.1. The zero-order chi connectivity index (χ0) is 107. The number of carbonyl (C=O) groups is 5. The first-order valence-corrected chi connectivity index (χ1v) is 58.6. The van der Waals surface area contributed by atoms with Gasteiger partial charge in [0.1, 0.15) is 71.2 Å². The van der Waals surface area contributed by atoms with Crippen molar-refractivity contribution in [2.45, 2.75) is 239 Å². The van der Waals surface area contributed by atoms with E-state index in [2.05, 4.69) is 87.9 Å². The van der Waals surface area contributed by atoms with Gasteiger partial charge in [-0.25, -0.2) is 47.2 Å². The maximum absolute atomic E-state index is 13.6. The molecule has 0 saturated carbocycles. The van der Waals surface area contributed by atoms with Crippen LogP contribution in [0.4, 0.5) is 0 Å². The molecule has 5 fully saturated rings. The van der Waals surface area contributed by atoms with Crippen molar-refractivity contribution in [3.05, 3.63) is 251 Å². The van der Waals surface area contributed by atoms with Gasteiger partial charge in [0.15, 0.2) is 0 Å². The van der Waals surface area contributed by atoms with Crippen LogP contribution in [0.1, 0.15) is 182 Å². The van der Waals surface area contributed by atoms with E-state index in [1.54, 1.807) is 244 Å². The first kappa shape index (κ1) is 114. The number of piperidine rings is 5. The summed E-state index contributed by atoms with van der Waals surface area (Å²) in [5.74, 6) is 1.35. The zero-order valence-electron chi connectivity index (χ0n) is 85.0. The molecule has 5 saturated heterocycles. The maximum Gasteiger partial charge on any atom is 0.242 e. The topological polar surface area (TPSA) is 495 Å². The number of fused-ring (bicyclic) bond motifs is 1. The predicted molar refractivity (Wildman–Crippen MR) is 563 cm³/mol. The molecule has 5 aliphatic rings. The van der Waals surface area contributed by atoms with Gasteiger partial charge < -0.3 is 47.8 Å². The summed E-state index contributed by atoms with van der Waals surface area (Å²) in [7, 11) is -19.4. The molecule has 0 aliphatic carbocycles. The third kappa shape index (κ3) is 31.2. The monoisotopic (exact) mass is 2130 g/mol. The number of primary sulfonamides is 1. The van der Waals surface area contributed by atoms with E-state index in [1.165, 1.54) is 23.5 Å². The van der Waals surface area contributed by atoms with E-state index in [0.29, 0.717) is 180 Å². The molecule has 7 N–H and O–H groups in total. The summed E-state index contributed by atoms with van der Waals surface area (Å²) >= 11 is 1.29. The lowest BCUT2D eigenvalue weighted by molar-refractivity contribution is -0.135. The number of aromatic amines is 1. The highest BCUT2D eigenvalue weighted by Gasteiger charge is 2.39. The van der Waals surface area contributed by atoms with Crippen LogP contribution >= 0.6 is 11.3 Å². The van der Waals surface area contributed by atoms with Crippen LogP contribution in [0.25, 0.3) is 10.9 Å². The van der Waals surface area contributed by atoms with Crippen LogP contribution in [0, 0.1) is 95.7 Å². The van der Waals surface area contributed by atoms with Crippen molar-refractivity contribution in [3.8, 4) is 24.3 Å². The van der Waals surface area contributed by atoms with Gasteiger partial charge in [-0.05, 0) is 272 Å². The van der Waals surface area contributed by atoms with Crippen molar-refractivity contribution in [2.75, 3.05) is 65.4 Å². The van der Waals surface area contributed by atoms with Gasteiger partial charge in [0.2, 0.25) is 79.7 Å². The molecule has 5 amide bonds. The second-order valence-corrected chi connectivity index (χ2v) is 48.2. The van der Waals surface area contributed by atoms with E-state index in [1.807, 2.05) is 17.9 Å². The highest BCUT2D eigenvalue weighted by Crippen LogP contribution is 2.35. The van der Waals surface area contributed by atoms with E-state index in [-0.39, 0.29) is 73.3 Å². The van der Waals surface area contributed by atoms with Crippen molar-refractivity contribution in [3.63, 3.8) is 0 Å². The number of nitriles is 4. The number of likely N-dealkylation sites (tertiary alicyclic amines) is 5. The third-order valence-corrected chi connectivity index (χ3v) is 36.0. The Hall–Kier alpha value is -12.7. The normalized spacial score (nSPS) is 16.4. The summed E-state index contributed by atoms with van der Waals surface area (Å²) in [4.78, 5) is 78.9. The van der Waals surface area contributed by atoms with E-state index in [0.717, 1.165) is 80.9 Å². The fourth-order valence-electron chi connectivity index (χ4n) is 18.8. The van der Waals surface area contributed by atoms with Crippen molar-refractivity contribution in [1.82, 2.24) is 76.4 Å². The first-order chi connectivity index (χ1) is 70.7. The third-order valence-electron chi connectivity index (χ3n) is 28.1. The number of thiophene rings is 1. The number of amides is 5. The average Bonchev–Trinajstić information content (AvgIpc) is 1.64. The molecule has 790 valence electrons. The molecule has 12 heterocycles. The molecular weight excluding hydrogens is 2000 g/mol. The largest absolute Gasteiger partial charge is 0.361 e. The average molecular weight is 2140 g/mol. The second kappa shape index (κ2) is 53.0. The Labute approximate surface area is 873 Å². The summed E-state index contributed by atoms with van der Waals surface area (Å²) < 4.78 is 148. The summed E-state index contributed by atoms with van der Waals surface area (Å²) in [6.07, 6.45) is 23.0. The van der Waals surface area contributed by atoms with Gasteiger partial charge in [0.25, 0.3) is 0 Å². The number of rotatable bonds is 34. The summed E-state index contributed by atoms with van der Waals surface area (Å²) in [6.45, 7) is 24.7. The molecular formula is C106H135N21O15S6. The van der Waals surface area contributed by atoms with Crippen molar-refractivity contribution in [1.29, 1.82) is 21.0 Å². The number of nitrogens with two attached hydrogens (primary N) is 1. The van der Waals surface area contributed by atoms with Gasteiger partial charge in [-0.1, -0.05) is 88.7 Å². The number of carbonyl (C=O) groups excluding carboxylic acids is 5. The minimum atomic E-state index is -3.99. The number of benzene rings is 4. The molecule has 5 unspecified atom stereocenters. The lowest BCUT2D eigenvalue weighted by Crippen LogP contribution is -2.51. The lowest BCUT2D eigenvalue weighted by atomic mass is 9.89. The Bertz CT molecular complexity index is 7090. The minimum Gasteiger partial charge on any atom is -0.361 e. The van der Waals surface area contributed by atoms with E-state index < -0.39 is 80.2 Å². The smallest absolute Gasteiger partial charge is 0.242 e. The molecule has 148 heavy (non-hydrogen) atoms. The van der Waals surface area contributed by atoms with Crippen LogP contribution in [0.3, 0.4) is 0 Å². The highest BCUT2D eigenvalue weighted by atomic mass is 32.2. The Morgan fingerprint density at radius 1 is 0.385 bits per heavy atom. The quantitative estimate of drug-likeness (QED) is 0.0218. The molecule has 7 aromatic heterocycles. The molecule has 4 aromatic carbocycles. The van der Waals surface area contributed by atoms with Gasteiger partial charge in [0.05, 0.1) is 30.4 Å². The number of H-pyrrole nitrogens is 1. The molecule has 42 heteroatoms. The molecule has 5 atom stereocenters. The Kier molecular flexibility index (Phi) is 40.8. The molecule has 16 rings (SSSR count). The molecule has 0 radical (unpaired) electrons. The lowest BCUT2D eigenvalue weighted by Gasteiger charge is -2.34. The molecule has 0 spiro atoms. The van der Waals surface area contributed by atoms with Crippen molar-refractivity contribution >= 4 is 102 Å². The Morgan fingerprint density at radius 3 is 1.11 bits per heavy atom. The number of sulfonamides is 5. The van der Waals surface area contributed by atoms with Crippen LogP contribution in [-0.4, -0.2) is 219 Å². The van der Waals surface area contributed by atoms with E-state index >= 15 is 0 Å². The van der Waals surface area contributed by atoms with Gasteiger partial charge in [-0.15, -0.1) is 0 Å². The van der Waals surface area contributed by atoms with Crippen LogP contribution < -0.4 is 24.0 Å². The number of hydrogen-bond acceptors (Lipinski definition) is 21. The number of nitrogens with zero attached hydrogens (tertiary/aromatic N) is 15. The molecule has 0 bridgehead atoms. The molecule has 11 aromatic rings. The van der Waals surface area contributed by atoms with Crippen molar-refractivity contribution < 1.29 is 66.1 Å². The van der Waals surface area contributed by atoms with Crippen LogP contribution in [0.15, 0.2) is 230 Å². The summed E-state index contributed by atoms with van der Waals surface area (Å²) in [5, 5.41) is 50.4. The fourth-order valence-corrected chi connectivity index (χ4v) is 26.1. The minimum absolute atomic E-state index is 0.000703. The highest BCUT2D eigenvalue weighted by molar-refractivity contribution is 7.90. The maximum atomic E-state index is 13.6. The number of aryl methyl sites for hydroxylation is 8. The summed E-state index contributed by atoms with van der Waals surface area (Å²) in [5.41, 5.74) is 5.46. The van der Waals surface area contributed by atoms with Crippen LogP contribution in [0.2, 0.25) is 0 Å². The van der Waals surface area contributed by atoms with Crippen LogP contribution in [0.5, 0.6) is 0 Å². The second-order valence-electron chi connectivity index (χ2n) is 39.1. The number of aromatic nitrogens is 7. The first-order valence-electron chi connectivity index (χ1n) is 50.2. The number of hydrogen-bond donors (Lipinski definition) is 6. The Balaban J connectivity index is 0.000000164. The standard InChI is InChI=1S/3C22H28N4O3S.C21H27N5O3S.C19H24N4O3S2/c1-16-8-12-26(13-9-16)22(27)19(10-14-25-11-4-6-18(25)15-23)21-17(2)5-3-7-20(21)30(24,28)29;1-17-5-7-20(8-6-17)30(28,29)24-21(11-15-25-12-3-4-19(25)16-23)22(27)26-13-9-18(2)10-14-26;1-17-9-13-26(14-10-17)22(27)20(11-15-25-12-5-7-19(25)16-23)24-30(28,29)21-8-4-3-6-18(21)2;1-16-7-13-25(14-8-16)21(27)19(9-15-26-12-3-10-23-26)24-30(28,29)20-5-2-4-18-17(20)6-11-22-18;1-15-4-9-23(10-5-15)19(24)18(6-11-22-8-2-3-16(22)13-20)21-28(25,26)17-7-12-27-14-17/h3-7,11,16,19H,8-10,12-14H2,1-2H3,(H2,24,28,29);3-8,12,18,21,24H,9-11,13-15H2,1-2H3;3-8,12,17,20,24H,9-11,13-15H2,1-2H3;2-6,10-12,16,19,22,24H,7-9,13-15H2,1H3;2-3,7-8,12,14-15,18,21H,4-6,9-11H2,1H3. The van der Waals surface area contributed by atoms with Gasteiger partial charge in [0, 0.05) is 158 Å². The van der Waals surface area contributed by atoms with Gasteiger partial charge >= 0.3 is 0 Å². The van der Waals surface area contributed by atoms with Crippen LogP contribution in [-0.2, 0) is 107 Å². The fraction of sp³-hybridized carbons (Fsp3) is 0.453. The molecule has 5 aliphatic heterocycles. The van der Waals surface area contributed by atoms with E-state index in [4.69, 9.17) is 10.4 Å². The SMILES string of the molecule is CC1CCN(C(=O)C(CCn2cccc2C#N)NS(=O)(=O)c2ccsc2)CC1.CC1CCN(C(=O)C(CCn2cccn2)NS(=O)(=O)c2cccc3[nH]ccc23)CC1.Cc1ccc(S(=O)(=O)NC(CCn2cccc2C#N)C(=O)N2CCC(C)CC2)cc1.Cc1cccc(S(N)(=O)=O)c1C(CCn1cccc1C#N)C(=O)N1CCC(C)CC1.Cc1ccccc1S(=O)(=O)NC(CCn1cccc1C#N)C(=O)N1CCC(C)CC1. The number of nitrogens with one attached hydrogen (secondary N) is 5. The van der Waals surface area contributed by atoms with Gasteiger partial charge in [-0.3, -0.25) is 28.7 Å². The van der Waals surface area contributed by atoms with Crippen molar-refractivity contribution in [2.24, 2.45) is 34.7 Å². The van der Waals surface area contributed by atoms with Gasteiger partial charge in [-0.2, -0.15) is 56.4 Å². The molecule has 36 nitrogen and oxygen atoms in total. The predicted octanol–water partition coefficient (Wildman–Crippen LogP) is 12.9. The van der Waals surface area contributed by atoms with E-state index in [9.17, 15) is 81.8 Å².